The number of hydrogen-bond donors (Lipinski definition) is 0. The molecule has 0 saturated carbocycles. The molecule has 0 aromatic heterocycles. The van der Waals surface area contributed by atoms with Crippen molar-refractivity contribution in [3.8, 4) is 0 Å². The SMILES string of the molecule is CC1OCCC1(CBr)CCOCC(F)(F)F. The smallest absolute Gasteiger partial charge is 0.378 e. The molecule has 0 radical (unpaired) electrons. The minimum Gasteiger partial charge on any atom is -0.378 e. The lowest BCUT2D eigenvalue weighted by Crippen LogP contribution is -2.32. The van der Waals surface area contributed by atoms with Gasteiger partial charge in [-0.3, -0.25) is 0 Å². The van der Waals surface area contributed by atoms with Gasteiger partial charge in [-0.25, -0.2) is 0 Å². The van der Waals surface area contributed by atoms with E-state index in [1.807, 2.05) is 6.92 Å². The zero-order valence-electron chi connectivity index (χ0n) is 9.15. The summed E-state index contributed by atoms with van der Waals surface area (Å²) < 4.78 is 45.6. The Morgan fingerprint density at radius 1 is 1.50 bits per heavy atom. The fourth-order valence-electron chi connectivity index (χ4n) is 1.85. The van der Waals surface area contributed by atoms with Gasteiger partial charge < -0.3 is 9.47 Å². The quantitative estimate of drug-likeness (QED) is 0.574. The summed E-state index contributed by atoms with van der Waals surface area (Å²) in [6.45, 7) is 1.59. The molecular weight excluding hydrogens is 289 g/mol. The van der Waals surface area contributed by atoms with Crippen LogP contribution >= 0.6 is 15.9 Å². The largest absolute Gasteiger partial charge is 0.411 e. The summed E-state index contributed by atoms with van der Waals surface area (Å²) in [5.41, 5.74) is -0.0778. The maximum atomic E-state index is 11.9. The van der Waals surface area contributed by atoms with Crippen molar-refractivity contribution in [2.45, 2.75) is 32.0 Å². The third-order valence-corrected chi connectivity index (χ3v) is 4.22. The molecule has 2 unspecified atom stereocenters. The van der Waals surface area contributed by atoms with E-state index in [9.17, 15) is 13.2 Å². The molecule has 0 aromatic rings. The lowest BCUT2D eigenvalue weighted by molar-refractivity contribution is -0.175. The average molecular weight is 305 g/mol. The van der Waals surface area contributed by atoms with Gasteiger partial charge in [-0.05, 0) is 19.8 Å². The zero-order valence-corrected chi connectivity index (χ0v) is 10.7. The van der Waals surface area contributed by atoms with E-state index in [4.69, 9.17) is 4.74 Å². The van der Waals surface area contributed by atoms with Crippen molar-refractivity contribution in [1.29, 1.82) is 0 Å². The van der Waals surface area contributed by atoms with Crippen LogP contribution in [0.25, 0.3) is 0 Å². The van der Waals surface area contributed by atoms with Crippen LogP contribution in [0, 0.1) is 5.41 Å². The van der Waals surface area contributed by atoms with Crippen LogP contribution in [0.1, 0.15) is 19.8 Å². The molecule has 96 valence electrons. The van der Waals surface area contributed by atoms with Gasteiger partial charge in [-0.15, -0.1) is 0 Å². The number of rotatable bonds is 5. The first-order chi connectivity index (χ1) is 7.40. The van der Waals surface area contributed by atoms with Crippen LogP contribution < -0.4 is 0 Å². The highest BCUT2D eigenvalue weighted by molar-refractivity contribution is 9.09. The van der Waals surface area contributed by atoms with Crippen LogP contribution in [0.4, 0.5) is 13.2 Å². The standard InChI is InChI=1S/C10H16BrF3O2/c1-8-9(6-11,3-5-16-8)2-4-15-7-10(12,13)14/h8H,2-7H2,1H3. The molecule has 0 aliphatic carbocycles. The van der Waals surface area contributed by atoms with E-state index in [0.29, 0.717) is 13.0 Å². The van der Waals surface area contributed by atoms with Crippen molar-refractivity contribution >= 4 is 15.9 Å². The Labute approximate surface area is 102 Å². The maximum absolute atomic E-state index is 11.9. The maximum Gasteiger partial charge on any atom is 0.411 e. The molecule has 0 amide bonds. The van der Waals surface area contributed by atoms with Gasteiger partial charge in [0.1, 0.15) is 6.61 Å². The lowest BCUT2D eigenvalue weighted by atomic mass is 9.81. The van der Waals surface area contributed by atoms with Crippen molar-refractivity contribution in [3.63, 3.8) is 0 Å². The summed E-state index contributed by atoms with van der Waals surface area (Å²) in [5, 5.41) is 0.733. The molecule has 2 nitrogen and oxygen atoms in total. The van der Waals surface area contributed by atoms with E-state index < -0.39 is 12.8 Å². The Hall–Kier alpha value is 0.190. The zero-order chi connectivity index (χ0) is 12.2. The number of hydrogen-bond acceptors (Lipinski definition) is 2. The molecular formula is C10H16BrF3O2. The minimum absolute atomic E-state index is 0.0707. The molecule has 2 atom stereocenters. The molecule has 1 aliphatic heterocycles. The molecule has 0 bridgehead atoms. The highest BCUT2D eigenvalue weighted by Crippen LogP contribution is 2.39. The fourth-order valence-corrected chi connectivity index (χ4v) is 2.87. The summed E-state index contributed by atoms with van der Waals surface area (Å²) in [6, 6.07) is 0. The van der Waals surface area contributed by atoms with Gasteiger partial charge in [0.25, 0.3) is 0 Å². The van der Waals surface area contributed by atoms with E-state index in [1.54, 1.807) is 0 Å². The van der Waals surface area contributed by atoms with Gasteiger partial charge in [0.15, 0.2) is 0 Å². The summed E-state index contributed by atoms with van der Waals surface area (Å²) in [7, 11) is 0. The molecule has 16 heavy (non-hydrogen) atoms. The molecule has 0 spiro atoms. The Morgan fingerprint density at radius 3 is 2.62 bits per heavy atom. The Bertz CT molecular complexity index is 223. The third kappa shape index (κ3) is 3.89. The van der Waals surface area contributed by atoms with Crippen LogP contribution in [-0.4, -0.2) is 37.4 Å². The Kier molecular flexibility index (Phi) is 5.07. The summed E-state index contributed by atoms with van der Waals surface area (Å²) >= 11 is 3.41. The van der Waals surface area contributed by atoms with E-state index in [0.717, 1.165) is 11.8 Å². The Morgan fingerprint density at radius 2 is 2.19 bits per heavy atom. The van der Waals surface area contributed by atoms with Crippen molar-refractivity contribution in [1.82, 2.24) is 0 Å². The van der Waals surface area contributed by atoms with Crippen LogP contribution in [0.5, 0.6) is 0 Å². The predicted molar refractivity (Wildman–Crippen MR) is 57.7 cm³/mol. The van der Waals surface area contributed by atoms with Crippen molar-refractivity contribution < 1.29 is 22.6 Å². The lowest BCUT2D eigenvalue weighted by Gasteiger charge is -2.30. The summed E-state index contributed by atoms with van der Waals surface area (Å²) in [6.07, 6.45) is -2.70. The van der Waals surface area contributed by atoms with Gasteiger partial charge in [-0.1, -0.05) is 15.9 Å². The first-order valence-electron chi connectivity index (χ1n) is 5.22. The van der Waals surface area contributed by atoms with E-state index >= 15 is 0 Å². The van der Waals surface area contributed by atoms with Crippen LogP contribution in [-0.2, 0) is 9.47 Å². The van der Waals surface area contributed by atoms with Gasteiger partial charge in [0, 0.05) is 24.0 Å². The summed E-state index contributed by atoms with van der Waals surface area (Å²) in [5.74, 6) is 0. The molecule has 0 N–H and O–H groups in total. The third-order valence-electron chi connectivity index (χ3n) is 3.11. The van der Waals surface area contributed by atoms with Crippen molar-refractivity contribution in [2.75, 3.05) is 25.2 Å². The molecule has 0 aromatic carbocycles. The molecule has 1 fully saturated rings. The second-order valence-electron chi connectivity index (χ2n) is 4.18. The average Bonchev–Trinajstić information content (AvgIpc) is 2.54. The minimum atomic E-state index is -4.24. The van der Waals surface area contributed by atoms with E-state index in [-0.39, 0.29) is 18.1 Å². The number of alkyl halides is 4. The van der Waals surface area contributed by atoms with E-state index in [1.165, 1.54) is 0 Å². The second kappa shape index (κ2) is 5.69. The Balaban J connectivity index is 2.30. The molecule has 6 heteroatoms. The fraction of sp³-hybridized carbons (Fsp3) is 1.00. The normalized spacial score (nSPS) is 30.9. The predicted octanol–water partition coefficient (Wildman–Crippen LogP) is 3.15. The summed E-state index contributed by atoms with van der Waals surface area (Å²) in [4.78, 5) is 0. The topological polar surface area (TPSA) is 18.5 Å². The second-order valence-corrected chi connectivity index (χ2v) is 4.74. The first-order valence-corrected chi connectivity index (χ1v) is 6.34. The van der Waals surface area contributed by atoms with Gasteiger partial charge in [-0.2, -0.15) is 13.2 Å². The molecule has 1 saturated heterocycles. The number of halogens is 4. The van der Waals surface area contributed by atoms with Crippen molar-refractivity contribution in [2.24, 2.45) is 5.41 Å². The van der Waals surface area contributed by atoms with E-state index in [2.05, 4.69) is 20.7 Å². The molecule has 1 heterocycles. The van der Waals surface area contributed by atoms with Crippen LogP contribution in [0.2, 0.25) is 0 Å². The highest BCUT2D eigenvalue weighted by atomic mass is 79.9. The molecule has 1 rings (SSSR count). The van der Waals surface area contributed by atoms with Gasteiger partial charge >= 0.3 is 6.18 Å². The highest BCUT2D eigenvalue weighted by Gasteiger charge is 2.40. The van der Waals surface area contributed by atoms with Crippen molar-refractivity contribution in [3.05, 3.63) is 0 Å². The van der Waals surface area contributed by atoms with Crippen LogP contribution in [0.3, 0.4) is 0 Å². The van der Waals surface area contributed by atoms with Gasteiger partial charge in [0.2, 0.25) is 0 Å². The molecule has 1 aliphatic rings. The van der Waals surface area contributed by atoms with Gasteiger partial charge in [0.05, 0.1) is 6.10 Å². The van der Waals surface area contributed by atoms with Crippen LogP contribution in [0.15, 0.2) is 0 Å². The monoisotopic (exact) mass is 304 g/mol. The number of ether oxygens (including phenoxy) is 2. The first kappa shape index (κ1) is 14.3.